The van der Waals surface area contributed by atoms with E-state index in [2.05, 4.69) is 10.0 Å². The van der Waals surface area contributed by atoms with E-state index in [4.69, 9.17) is 0 Å². The van der Waals surface area contributed by atoms with Crippen molar-refractivity contribution in [3.05, 3.63) is 104 Å². The Kier molecular flexibility index (Phi) is 5.47. The maximum Gasteiger partial charge on any atom is 0.280 e. The number of nitrogens with one attached hydrogen (secondary N) is 2. The molecule has 0 saturated carbocycles. The lowest BCUT2D eigenvalue weighted by molar-refractivity contribution is 0.585. The van der Waals surface area contributed by atoms with Crippen molar-refractivity contribution in [3.8, 4) is 0 Å². The van der Waals surface area contributed by atoms with Gasteiger partial charge in [0.1, 0.15) is 27.3 Å². The molecule has 2 aromatic heterocycles. The highest BCUT2D eigenvalue weighted by Gasteiger charge is 2.35. The van der Waals surface area contributed by atoms with E-state index in [1.54, 1.807) is 12.1 Å². The zero-order valence-corrected chi connectivity index (χ0v) is 21.4. The summed E-state index contributed by atoms with van der Waals surface area (Å²) in [7, 11) is -7.63. The summed E-state index contributed by atoms with van der Waals surface area (Å²) in [4.78, 5) is 26.8. The summed E-state index contributed by atoms with van der Waals surface area (Å²) in [6.45, 7) is -0.00654. The second-order valence-corrected chi connectivity index (χ2v) is 13.2. The summed E-state index contributed by atoms with van der Waals surface area (Å²) in [6.07, 6.45) is 2.44. The lowest BCUT2D eigenvalue weighted by Crippen LogP contribution is -2.52. The van der Waals surface area contributed by atoms with Crippen LogP contribution in [0.5, 0.6) is 0 Å². The Morgan fingerprint density at radius 1 is 1.00 bits per heavy atom. The van der Waals surface area contributed by atoms with Gasteiger partial charge in [-0.3, -0.25) is 18.8 Å². The third kappa shape index (κ3) is 3.89. The molecule has 2 N–H and O–H groups in total. The van der Waals surface area contributed by atoms with E-state index in [0.29, 0.717) is 24.0 Å². The van der Waals surface area contributed by atoms with Gasteiger partial charge < -0.3 is 5.32 Å². The molecule has 1 saturated heterocycles. The van der Waals surface area contributed by atoms with Crippen molar-refractivity contribution in [1.29, 1.82) is 0 Å². The van der Waals surface area contributed by atoms with Gasteiger partial charge in [-0.1, -0.05) is 18.2 Å². The average Bonchev–Trinajstić information content (AvgIpc) is 3.49. The number of benzene rings is 2. The molecule has 6 rings (SSSR count). The fraction of sp³-hybridized carbons (Fsp3) is 0.200. The summed E-state index contributed by atoms with van der Waals surface area (Å²) < 4.78 is 69.6. The minimum Gasteiger partial charge on any atom is -0.339 e. The topological polar surface area (TPSA) is 136 Å². The number of sulfonamides is 1. The highest BCUT2D eigenvalue weighted by atomic mass is 32.2. The molecule has 196 valence electrons. The zero-order chi connectivity index (χ0) is 26.8. The molecule has 4 heterocycles. The summed E-state index contributed by atoms with van der Waals surface area (Å²) in [5.41, 5.74) is -0.226. The largest absolute Gasteiger partial charge is 0.339 e. The number of nitrogens with zero attached hydrogens (tertiary/aromatic N) is 2. The molecule has 2 aromatic carbocycles. The standard InChI is InChI=1S/C25H21FN4O6S2/c26-17-8-5-15(6-9-17)14-30-25(32)22(23(31)19-3-1-11-29(19)30)24-27-18-10-7-16(13-21(18)38(35,36)28-24)20-4-2-12-37(20,33)34/h1,3,5-11,13,20,27-28H,2,4,12,14H2/b24-22+. The lowest BCUT2D eigenvalue weighted by Gasteiger charge is -2.24. The van der Waals surface area contributed by atoms with E-state index in [1.165, 1.54) is 57.9 Å². The fourth-order valence-electron chi connectivity index (χ4n) is 5.04. The van der Waals surface area contributed by atoms with Crippen LogP contribution in [-0.2, 0) is 26.4 Å². The Morgan fingerprint density at radius 3 is 2.47 bits per heavy atom. The number of rotatable bonds is 3. The second kappa shape index (κ2) is 8.53. The van der Waals surface area contributed by atoms with Crippen LogP contribution in [0.25, 0.3) is 11.3 Å². The number of hydrogen-bond acceptors (Lipinski definition) is 7. The molecule has 38 heavy (non-hydrogen) atoms. The quantitative estimate of drug-likeness (QED) is 0.386. The maximum atomic E-state index is 13.6. The molecule has 0 bridgehead atoms. The minimum absolute atomic E-state index is 0.00654. The SMILES string of the molecule is O=c1/c(=C2/Nc3ccc(C4CCCS4(=O)=O)cc3S(=O)(=O)N2)c(=O)n(Cc2ccc(F)cc2)n2cccc12. The molecule has 4 aromatic rings. The van der Waals surface area contributed by atoms with Crippen molar-refractivity contribution in [2.24, 2.45) is 0 Å². The van der Waals surface area contributed by atoms with Crippen molar-refractivity contribution in [3.63, 3.8) is 0 Å². The van der Waals surface area contributed by atoms with E-state index in [0.717, 1.165) is 0 Å². The molecular weight excluding hydrogens is 535 g/mol. The van der Waals surface area contributed by atoms with Crippen LogP contribution in [0.15, 0.2) is 75.3 Å². The van der Waals surface area contributed by atoms with Gasteiger partial charge in [-0.25, -0.2) is 25.9 Å². The molecule has 2 aliphatic rings. The Hall–Kier alpha value is -3.97. The summed E-state index contributed by atoms with van der Waals surface area (Å²) in [6, 6.07) is 12.9. The third-order valence-electron chi connectivity index (χ3n) is 6.88. The Labute approximate surface area is 216 Å². The van der Waals surface area contributed by atoms with Gasteiger partial charge in [-0.05, 0) is 60.4 Å². The van der Waals surface area contributed by atoms with Gasteiger partial charge in [0.15, 0.2) is 9.84 Å². The van der Waals surface area contributed by atoms with E-state index < -0.39 is 47.1 Å². The highest BCUT2D eigenvalue weighted by molar-refractivity contribution is 7.92. The lowest BCUT2D eigenvalue weighted by atomic mass is 10.1. The van der Waals surface area contributed by atoms with Gasteiger partial charge in [0, 0.05) is 6.20 Å². The number of fused-ring (bicyclic) bond motifs is 2. The predicted molar refractivity (Wildman–Crippen MR) is 138 cm³/mol. The fourth-order valence-corrected chi connectivity index (χ4v) is 8.21. The van der Waals surface area contributed by atoms with Crippen LogP contribution in [0, 0.1) is 5.82 Å². The third-order valence-corrected chi connectivity index (χ3v) is 10.5. The van der Waals surface area contributed by atoms with Crippen LogP contribution in [0.4, 0.5) is 10.1 Å². The molecule has 0 spiro atoms. The van der Waals surface area contributed by atoms with Gasteiger partial charge in [0.2, 0.25) is 5.43 Å². The highest BCUT2D eigenvalue weighted by Crippen LogP contribution is 2.38. The number of anilines is 1. The van der Waals surface area contributed by atoms with Crippen LogP contribution >= 0.6 is 0 Å². The molecule has 0 amide bonds. The molecule has 1 unspecified atom stereocenters. The molecular formula is C25H21FN4O6S2. The molecule has 1 fully saturated rings. The monoisotopic (exact) mass is 556 g/mol. The van der Waals surface area contributed by atoms with Crippen molar-refractivity contribution < 1.29 is 21.2 Å². The first kappa shape index (κ1) is 24.4. The van der Waals surface area contributed by atoms with Crippen molar-refractivity contribution in [1.82, 2.24) is 13.9 Å². The van der Waals surface area contributed by atoms with Gasteiger partial charge in [-0.2, -0.15) is 0 Å². The van der Waals surface area contributed by atoms with Gasteiger partial charge in [-0.15, -0.1) is 0 Å². The Morgan fingerprint density at radius 2 is 1.76 bits per heavy atom. The van der Waals surface area contributed by atoms with Crippen LogP contribution in [0.2, 0.25) is 0 Å². The van der Waals surface area contributed by atoms with Crippen LogP contribution < -0.4 is 26.2 Å². The predicted octanol–water partition coefficient (Wildman–Crippen LogP) is 1.09. The molecule has 13 heteroatoms. The first-order valence-corrected chi connectivity index (χ1v) is 14.9. The summed E-state index contributed by atoms with van der Waals surface area (Å²) >= 11 is 0. The summed E-state index contributed by atoms with van der Waals surface area (Å²) in [5, 5.41) is 1.66. The van der Waals surface area contributed by atoms with Gasteiger partial charge in [0.25, 0.3) is 15.6 Å². The number of sulfone groups is 1. The van der Waals surface area contributed by atoms with E-state index >= 15 is 0 Å². The molecule has 1 atom stereocenters. The first-order valence-electron chi connectivity index (χ1n) is 11.7. The smallest absolute Gasteiger partial charge is 0.280 e. The normalized spacial score (nSPS) is 21.0. The molecule has 0 radical (unpaired) electrons. The first-order chi connectivity index (χ1) is 18.0. The number of halogens is 1. The maximum absolute atomic E-state index is 13.6. The minimum atomic E-state index is -4.26. The molecule has 2 aliphatic heterocycles. The van der Waals surface area contributed by atoms with Crippen LogP contribution in [0.1, 0.15) is 29.2 Å². The van der Waals surface area contributed by atoms with Crippen molar-refractivity contribution in [2.45, 2.75) is 29.5 Å². The Balaban J connectivity index is 1.53. The van der Waals surface area contributed by atoms with E-state index in [-0.39, 0.29) is 34.2 Å². The number of aromatic nitrogens is 2. The van der Waals surface area contributed by atoms with Crippen molar-refractivity contribution in [2.75, 3.05) is 11.1 Å². The average molecular weight is 557 g/mol. The molecule has 0 aliphatic carbocycles. The van der Waals surface area contributed by atoms with Gasteiger partial charge >= 0.3 is 0 Å². The van der Waals surface area contributed by atoms with Crippen LogP contribution in [-0.4, -0.2) is 31.8 Å². The second-order valence-electron chi connectivity index (χ2n) is 9.29. The zero-order valence-electron chi connectivity index (χ0n) is 19.7. The summed E-state index contributed by atoms with van der Waals surface area (Å²) in [5.74, 6) is -0.689. The Bertz CT molecular complexity index is 2020. The molecule has 10 nitrogen and oxygen atoms in total. The number of hydrogen-bond donors (Lipinski definition) is 2. The van der Waals surface area contributed by atoms with Crippen LogP contribution in [0.3, 0.4) is 0 Å². The van der Waals surface area contributed by atoms with E-state index in [9.17, 15) is 30.8 Å². The van der Waals surface area contributed by atoms with Gasteiger partial charge in [0.05, 0.1) is 23.2 Å². The van der Waals surface area contributed by atoms with Crippen molar-refractivity contribution >= 4 is 36.9 Å². The van der Waals surface area contributed by atoms with E-state index in [1.807, 2.05) is 0 Å².